The molecule has 12 rings (SSSR count). The van der Waals surface area contributed by atoms with E-state index in [4.69, 9.17) is 0 Å². The molecule has 0 spiro atoms. The first-order chi connectivity index (χ1) is 29.9. The third-order valence-corrected chi connectivity index (χ3v) is 15.2. The Balaban J connectivity index is 0.00000207. The average molecular weight is 790 g/mol. The van der Waals surface area contributed by atoms with E-state index >= 15 is 0 Å². The van der Waals surface area contributed by atoms with Gasteiger partial charge in [0.1, 0.15) is 0 Å². The maximum atomic E-state index is 2.82. The van der Waals surface area contributed by atoms with Crippen LogP contribution in [0.5, 0.6) is 0 Å². The highest BCUT2D eigenvalue weighted by Gasteiger charge is 2.67. The van der Waals surface area contributed by atoms with Crippen LogP contribution in [-0.4, -0.2) is 5.54 Å². The second-order valence-corrected chi connectivity index (χ2v) is 18.1. The van der Waals surface area contributed by atoms with Crippen molar-refractivity contribution >= 4 is 11.4 Å². The van der Waals surface area contributed by atoms with Crippen LogP contribution in [0.25, 0.3) is 11.1 Å². The van der Waals surface area contributed by atoms with Crippen molar-refractivity contribution in [2.45, 2.75) is 76.7 Å². The first-order valence-corrected chi connectivity index (χ1v) is 22.8. The van der Waals surface area contributed by atoms with E-state index in [0.29, 0.717) is 0 Å². The van der Waals surface area contributed by atoms with Gasteiger partial charge in [-0.2, -0.15) is 0 Å². The van der Waals surface area contributed by atoms with E-state index in [2.05, 4.69) is 215 Å². The topological polar surface area (TPSA) is 3.24 Å². The number of hydrogen-bond acceptors (Lipinski definition) is 1. The Morgan fingerprint density at radius 3 is 1.89 bits per heavy atom. The molecule has 0 bridgehead atoms. The molecule has 6 aliphatic rings. The highest BCUT2D eigenvalue weighted by molar-refractivity contribution is 5.93. The summed E-state index contributed by atoms with van der Waals surface area (Å²) in [4.78, 5) is 2.82. The van der Waals surface area contributed by atoms with Crippen LogP contribution in [-0.2, 0) is 10.8 Å². The largest absolute Gasteiger partial charge is 0.327 e. The second-order valence-electron chi connectivity index (χ2n) is 18.1. The number of anilines is 2. The predicted molar refractivity (Wildman–Crippen MR) is 256 cm³/mol. The summed E-state index contributed by atoms with van der Waals surface area (Å²) in [5, 5.41) is 0. The van der Waals surface area contributed by atoms with Crippen LogP contribution >= 0.6 is 0 Å². The summed E-state index contributed by atoms with van der Waals surface area (Å²) in [5.74, 6) is 0.712. The lowest BCUT2D eigenvalue weighted by atomic mass is 9.49. The number of rotatable bonds is 5. The Morgan fingerprint density at radius 2 is 1.23 bits per heavy atom. The second kappa shape index (κ2) is 13.9. The molecule has 0 fully saturated rings. The van der Waals surface area contributed by atoms with Crippen molar-refractivity contribution in [3.05, 3.63) is 249 Å². The van der Waals surface area contributed by atoms with Crippen LogP contribution in [0.15, 0.2) is 210 Å². The smallest absolute Gasteiger partial charge is 0.0875 e. The lowest BCUT2D eigenvalue weighted by molar-refractivity contribution is 0.431. The SMILES string of the molecule is CC.Cc1ccc(C2(C3=CC=CCC3)C3=CC(C)C4=C5C3c3c(cccc32)N2c3ccc(-c6ccccc6)cc3C(c3ccccc3)(c3ccccc3)C(=CC4C)C52C)cc1. The minimum Gasteiger partial charge on any atom is -0.327 e. The summed E-state index contributed by atoms with van der Waals surface area (Å²) in [6.45, 7) is 13.8. The van der Waals surface area contributed by atoms with Gasteiger partial charge >= 0.3 is 0 Å². The van der Waals surface area contributed by atoms with Crippen LogP contribution < -0.4 is 4.90 Å². The van der Waals surface area contributed by atoms with E-state index in [1.165, 1.54) is 72.6 Å². The van der Waals surface area contributed by atoms with Gasteiger partial charge < -0.3 is 4.90 Å². The molecule has 300 valence electrons. The minimum absolute atomic E-state index is 0.169. The molecular weight excluding hydrogens is 735 g/mol. The Labute approximate surface area is 363 Å². The predicted octanol–water partition coefficient (Wildman–Crippen LogP) is 15.1. The molecule has 6 aromatic carbocycles. The third kappa shape index (κ3) is 4.84. The van der Waals surface area contributed by atoms with Crippen molar-refractivity contribution in [2.75, 3.05) is 4.90 Å². The van der Waals surface area contributed by atoms with Crippen molar-refractivity contribution in [1.82, 2.24) is 0 Å². The van der Waals surface area contributed by atoms with Gasteiger partial charge in [0.25, 0.3) is 0 Å². The Bertz CT molecular complexity index is 2830. The fraction of sp³-hybridized carbons (Fsp3) is 0.233. The van der Waals surface area contributed by atoms with E-state index < -0.39 is 11.0 Å². The first kappa shape index (κ1) is 37.8. The third-order valence-electron chi connectivity index (χ3n) is 15.2. The van der Waals surface area contributed by atoms with Gasteiger partial charge in [-0.05, 0) is 118 Å². The van der Waals surface area contributed by atoms with Crippen LogP contribution in [0.4, 0.5) is 11.4 Å². The number of nitrogens with zero attached hydrogens (tertiary/aromatic N) is 1. The molecule has 1 nitrogen and oxygen atoms in total. The molecule has 0 amide bonds. The normalized spacial score (nSPS) is 25.6. The summed E-state index contributed by atoms with van der Waals surface area (Å²) < 4.78 is 0. The van der Waals surface area contributed by atoms with Crippen molar-refractivity contribution in [1.29, 1.82) is 0 Å². The molecule has 0 N–H and O–H groups in total. The van der Waals surface area contributed by atoms with E-state index in [1.54, 1.807) is 16.7 Å². The summed E-state index contributed by atoms with van der Waals surface area (Å²) in [5.41, 5.74) is 21.2. The monoisotopic (exact) mass is 789 g/mol. The first-order valence-electron chi connectivity index (χ1n) is 22.8. The van der Waals surface area contributed by atoms with Crippen LogP contribution in [0.3, 0.4) is 0 Å². The van der Waals surface area contributed by atoms with E-state index in [9.17, 15) is 0 Å². The van der Waals surface area contributed by atoms with Gasteiger partial charge in [-0.15, -0.1) is 0 Å². The van der Waals surface area contributed by atoms with Crippen LogP contribution in [0, 0.1) is 18.8 Å². The highest BCUT2D eigenvalue weighted by Crippen LogP contribution is 2.74. The number of benzene rings is 6. The average Bonchev–Trinajstić information content (AvgIpc) is 3.61. The molecule has 6 aromatic rings. The standard InChI is InChI=1S/C58H49N.C2H6/c1-37-28-31-45(32-29-37)57(42-20-11-6-12-21-42)46-26-17-27-50-53(46)54-48(57)34-38(2)52-39(3)35-51-56(4,55(52)54)59(50)49-33-30-41(40-18-9-5-10-19-40)36-47(49)58(51,43-22-13-7-14-23-43)44-24-15-8-16-25-44;1-2/h5-11,13-20,22-36,38-39,54H,12,21H2,1-4H3;1-2H3. The highest BCUT2D eigenvalue weighted by atomic mass is 15.2. The number of hydrogen-bond donors (Lipinski definition) is 0. The lowest BCUT2D eigenvalue weighted by Gasteiger charge is -2.64. The summed E-state index contributed by atoms with van der Waals surface area (Å²) in [6.07, 6.45) is 14.7. The van der Waals surface area contributed by atoms with Gasteiger partial charge in [-0.3, -0.25) is 0 Å². The molecule has 0 radical (unpaired) electrons. The van der Waals surface area contributed by atoms with Crippen LogP contribution in [0.1, 0.15) is 92.3 Å². The van der Waals surface area contributed by atoms with Gasteiger partial charge in [-0.25, -0.2) is 0 Å². The quantitative estimate of drug-likeness (QED) is 0.157. The van der Waals surface area contributed by atoms with Gasteiger partial charge in [0.2, 0.25) is 0 Å². The molecule has 1 heteroatoms. The molecule has 2 aliphatic heterocycles. The molecule has 0 aromatic heterocycles. The van der Waals surface area contributed by atoms with Gasteiger partial charge in [0.05, 0.1) is 16.4 Å². The van der Waals surface area contributed by atoms with E-state index in [-0.39, 0.29) is 23.2 Å². The zero-order valence-electron chi connectivity index (χ0n) is 36.4. The van der Waals surface area contributed by atoms with Gasteiger partial charge in [0.15, 0.2) is 0 Å². The van der Waals surface area contributed by atoms with Crippen LogP contribution in [0.2, 0.25) is 0 Å². The fourth-order valence-electron chi connectivity index (χ4n) is 13.1. The van der Waals surface area contributed by atoms with Crippen molar-refractivity contribution in [3.63, 3.8) is 0 Å². The Kier molecular flexibility index (Phi) is 8.63. The van der Waals surface area contributed by atoms with Crippen molar-refractivity contribution in [2.24, 2.45) is 11.8 Å². The molecule has 2 heterocycles. The molecule has 5 atom stereocenters. The van der Waals surface area contributed by atoms with Gasteiger partial charge in [0, 0.05) is 17.3 Å². The molecular formula is C60H55N. The van der Waals surface area contributed by atoms with Gasteiger partial charge in [-0.1, -0.05) is 208 Å². The minimum atomic E-state index is -0.552. The maximum Gasteiger partial charge on any atom is 0.0875 e. The lowest BCUT2D eigenvalue weighted by Crippen LogP contribution is -2.62. The number of fused-ring (bicyclic) bond motifs is 3. The summed E-state index contributed by atoms with van der Waals surface area (Å²) in [6, 6.07) is 58.2. The zero-order valence-corrected chi connectivity index (χ0v) is 36.4. The Morgan fingerprint density at radius 1 is 0.590 bits per heavy atom. The number of aryl methyl sites for hydroxylation is 1. The van der Waals surface area contributed by atoms with E-state index in [1.807, 2.05) is 13.8 Å². The molecule has 0 saturated carbocycles. The summed E-state index contributed by atoms with van der Waals surface area (Å²) >= 11 is 0. The van der Waals surface area contributed by atoms with Crippen molar-refractivity contribution < 1.29 is 0 Å². The molecule has 61 heavy (non-hydrogen) atoms. The maximum absolute atomic E-state index is 2.82. The van der Waals surface area contributed by atoms with E-state index in [0.717, 1.165) is 12.8 Å². The molecule has 4 aliphatic carbocycles. The summed E-state index contributed by atoms with van der Waals surface area (Å²) in [7, 11) is 0. The zero-order chi connectivity index (χ0) is 41.7. The number of allylic oxidation sites excluding steroid dienone is 8. The molecule has 0 saturated heterocycles. The van der Waals surface area contributed by atoms with Crippen molar-refractivity contribution in [3.8, 4) is 11.1 Å². The Hall–Kier alpha value is -6.18. The fourth-order valence-corrected chi connectivity index (χ4v) is 13.1. The molecule has 5 unspecified atom stereocenters.